The molecule has 0 radical (unpaired) electrons. The lowest BCUT2D eigenvalue weighted by molar-refractivity contribution is 0.287. The van der Waals surface area contributed by atoms with Gasteiger partial charge in [0.15, 0.2) is 0 Å². The van der Waals surface area contributed by atoms with Crippen LogP contribution in [-0.2, 0) is 13.6 Å². The zero-order valence-corrected chi connectivity index (χ0v) is 9.32. The summed E-state index contributed by atoms with van der Waals surface area (Å²) in [5.41, 5.74) is 7.95. The Morgan fingerprint density at radius 3 is 2.71 bits per heavy atom. The molecule has 4 nitrogen and oxygen atoms in total. The molecule has 0 spiro atoms. The molecule has 0 fully saturated rings. The van der Waals surface area contributed by atoms with Crippen molar-refractivity contribution in [3.05, 3.63) is 17.5 Å². The van der Waals surface area contributed by atoms with Crippen molar-refractivity contribution in [1.29, 1.82) is 0 Å². The Morgan fingerprint density at radius 1 is 1.57 bits per heavy atom. The van der Waals surface area contributed by atoms with Gasteiger partial charge in [0.2, 0.25) is 0 Å². The number of aryl methyl sites for hydroxylation is 2. The first-order valence-corrected chi connectivity index (χ1v) is 5.09. The molecule has 0 saturated carbocycles. The highest BCUT2D eigenvalue weighted by molar-refractivity contribution is 5.14. The molecule has 0 aliphatic rings. The summed E-state index contributed by atoms with van der Waals surface area (Å²) in [7, 11) is 1.95. The van der Waals surface area contributed by atoms with Crippen molar-refractivity contribution in [2.75, 3.05) is 19.6 Å². The van der Waals surface area contributed by atoms with Crippen LogP contribution in [0.15, 0.2) is 6.20 Å². The summed E-state index contributed by atoms with van der Waals surface area (Å²) in [6, 6.07) is 0. The second-order valence-corrected chi connectivity index (χ2v) is 3.57. The molecule has 1 aromatic rings. The SMILES string of the molecule is CCN(CCN)Cc1cn(C)nc1C. The van der Waals surface area contributed by atoms with Gasteiger partial charge >= 0.3 is 0 Å². The van der Waals surface area contributed by atoms with Gasteiger partial charge in [-0.05, 0) is 13.5 Å². The number of aromatic nitrogens is 2. The van der Waals surface area contributed by atoms with Crippen LogP contribution in [-0.4, -0.2) is 34.3 Å². The highest BCUT2D eigenvalue weighted by Gasteiger charge is 2.07. The van der Waals surface area contributed by atoms with Crippen molar-refractivity contribution < 1.29 is 0 Å². The zero-order valence-electron chi connectivity index (χ0n) is 9.32. The number of hydrogen-bond donors (Lipinski definition) is 1. The zero-order chi connectivity index (χ0) is 10.6. The van der Waals surface area contributed by atoms with E-state index >= 15 is 0 Å². The Labute approximate surface area is 85.7 Å². The number of rotatable bonds is 5. The molecule has 2 N–H and O–H groups in total. The van der Waals surface area contributed by atoms with Crippen LogP contribution in [0.3, 0.4) is 0 Å². The minimum Gasteiger partial charge on any atom is -0.329 e. The van der Waals surface area contributed by atoms with Crippen molar-refractivity contribution in [2.24, 2.45) is 12.8 Å². The van der Waals surface area contributed by atoms with Gasteiger partial charge in [0, 0.05) is 38.4 Å². The number of nitrogens with two attached hydrogens (primary N) is 1. The standard InChI is InChI=1S/C10H20N4/c1-4-14(6-5-11)8-10-7-13(3)12-9(10)2/h7H,4-6,8,11H2,1-3H3. The Morgan fingerprint density at radius 2 is 2.29 bits per heavy atom. The summed E-state index contributed by atoms with van der Waals surface area (Å²) in [5, 5.41) is 4.32. The van der Waals surface area contributed by atoms with E-state index in [0.717, 1.165) is 25.3 Å². The van der Waals surface area contributed by atoms with Gasteiger partial charge in [0.1, 0.15) is 0 Å². The maximum absolute atomic E-state index is 5.54. The second-order valence-electron chi connectivity index (χ2n) is 3.57. The molecule has 0 bridgehead atoms. The topological polar surface area (TPSA) is 47.1 Å². The van der Waals surface area contributed by atoms with Gasteiger partial charge in [-0.3, -0.25) is 9.58 Å². The monoisotopic (exact) mass is 196 g/mol. The largest absolute Gasteiger partial charge is 0.329 e. The number of likely N-dealkylation sites (N-methyl/N-ethyl adjacent to an activating group) is 1. The van der Waals surface area contributed by atoms with Gasteiger partial charge in [-0.2, -0.15) is 5.10 Å². The van der Waals surface area contributed by atoms with Crippen LogP contribution < -0.4 is 5.73 Å². The van der Waals surface area contributed by atoms with Crippen LogP contribution in [0.25, 0.3) is 0 Å². The van der Waals surface area contributed by atoms with Crippen molar-refractivity contribution in [2.45, 2.75) is 20.4 Å². The molecule has 1 aromatic heterocycles. The molecule has 0 unspecified atom stereocenters. The summed E-state index contributed by atoms with van der Waals surface area (Å²) in [6.45, 7) is 7.85. The van der Waals surface area contributed by atoms with E-state index in [1.807, 2.05) is 18.7 Å². The van der Waals surface area contributed by atoms with E-state index in [1.165, 1.54) is 5.56 Å². The van der Waals surface area contributed by atoms with Crippen molar-refractivity contribution in [3.8, 4) is 0 Å². The third-order valence-corrected chi connectivity index (χ3v) is 2.40. The van der Waals surface area contributed by atoms with Crippen LogP contribution >= 0.6 is 0 Å². The van der Waals surface area contributed by atoms with E-state index in [1.54, 1.807) is 0 Å². The van der Waals surface area contributed by atoms with Gasteiger partial charge in [-0.25, -0.2) is 0 Å². The molecule has 1 rings (SSSR count). The molecule has 0 aliphatic heterocycles. The third kappa shape index (κ3) is 2.82. The van der Waals surface area contributed by atoms with Crippen LogP contribution in [0.5, 0.6) is 0 Å². The van der Waals surface area contributed by atoms with Crippen molar-refractivity contribution >= 4 is 0 Å². The smallest absolute Gasteiger partial charge is 0.0638 e. The maximum Gasteiger partial charge on any atom is 0.0638 e. The first kappa shape index (κ1) is 11.2. The lowest BCUT2D eigenvalue weighted by atomic mass is 10.2. The average molecular weight is 196 g/mol. The molecular weight excluding hydrogens is 176 g/mol. The Kier molecular flexibility index (Phi) is 4.10. The summed E-state index contributed by atoms with van der Waals surface area (Å²) >= 11 is 0. The number of hydrogen-bond acceptors (Lipinski definition) is 3. The lowest BCUT2D eigenvalue weighted by Crippen LogP contribution is -2.28. The molecule has 1 heterocycles. The van der Waals surface area contributed by atoms with Gasteiger partial charge in [0.25, 0.3) is 0 Å². The molecular formula is C10H20N4. The quantitative estimate of drug-likeness (QED) is 0.746. The molecule has 4 heteroatoms. The van der Waals surface area contributed by atoms with E-state index in [4.69, 9.17) is 5.73 Å². The van der Waals surface area contributed by atoms with E-state index in [2.05, 4.69) is 23.1 Å². The average Bonchev–Trinajstić information content (AvgIpc) is 2.44. The van der Waals surface area contributed by atoms with Gasteiger partial charge < -0.3 is 5.73 Å². The summed E-state index contributed by atoms with van der Waals surface area (Å²) < 4.78 is 1.86. The fourth-order valence-corrected chi connectivity index (χ4v) is 1.58. The molecule has 0 saturated heterocycles. The first-order chi connectivity index (χ1) is 6.67. The Hall–Kier alpha value is -0.870. The summed E-state index contributed by atoms with van der Waals surface area (Å²) in [5.74, 6) is 0. The van der Waals surface area contributed by atoms with Crippen LogP contribution in [0.1, 0.15) is 18.2 Å². The Bertz CT molecular complexity index is 280. The molecule has 80 valence electrons. The van der Waals surface area contributed by atoms with Gasteiger partial charge in [0.05, 0.1) is 5.69 Å². The van der Waals surface area contributed by atoms with E-state index in [0.29, 0.717) is 6.54 Å². The fraction of sp³-hybridized carbons (Fsp3) is 0.700. The number of nitrogens with zero attached hydrogens (tertiary/aromatic N) is 3. The predicted molar refractivity (Wildman–Crippen MR) is 58.0 cm³/mol. The molecule has 0 amide bonds. The lowest BCUT2D eigenvalue weighted by Gasteiger charge is -2.18. The first-order valence-electron chi connectivity index (χ1n) is 5.09. The predicted octanol–water partition coefficient (Wildman–Crippen LogP) is 0.509. The van der Waals surface area contributed by atoms with Crippen molar-refractivity contribution in [1.82, 2.24) is 14.7 Å². The Balaban J connectivity index is 2.61. The summed E-state index contributed by atoms with van der Waals surface area (Å²) in [6.07, 6.45) is 2.08. The summed E-state index contributed by atoms with van der Waals surface area (Å²) in [4.78, 5) is 2.32. The van der Waals surface area contributed by atoms with Gasteiger partial charge in [-0.15, -0.1) is 0 Å². The molecule has 0 aliphatic carbocycles. The van der Waals surface area contributed by atoms with E-state index in [-0.39, 0.29) is 0 Å². The van der Waals surface area contributed by atoms with Crippen LogP contribution in [0.2, 0.25) is 0 Å². The highest BCUT2D eigenvalue weighted by Crippen LogP contribution is 2.07. The molecule has 14 heavy (non-hydrogen) atoms. The van der Waals surface area contributed by atoms with E-state index < -0.39 is 0 Å². The highest BCUT2D eigenvalue weighted by atomic mass is 15.3. The van der Waals surface area contributed by atoms with Crippen molar-refractivity contribution in [3.63, 3.8) is 0 Å². The fourth-order valence-electron chi connectivity index (χ4n) is 1.58. The molecule has 0 atom stereocenters. The van der Waals surface area contributed by atoms with E-state index in [9.17, 15) is 0 Å². The molecule has 0 aromatic carbocycles. The second kappa shape index (κ2) is 5.12. The van der Waals surface area contributed by atoms with Gasteiger partial charge in [-0.1, -0.05) is 6.92 Å². The normalized spacial score (nSPS) is 11.2. The van der Waals surface area contributed by atoms with Crippen LogP contribution in [0.4, 0.5) is 0 Å². The van der Waals surface area contributed by atoms with Crippen LogP contribution in [0, 0.1) is 6.92 Å². The third-order valence-electron chi connectivity index (χ3n) is 2.40. The minimum absolute atomic E-state index is 0.715. The maximum atomic E-state index is 5.54. The minimum atomic E-state index is 0.715.